The summed E-state index contributed by atoms with van der Waals surface area (Å²) in [6.45, 7) is 2.14. The van der Waals surface area contributed by atoms with Crippen LogP contribution in [0, 0.1) is 6.92 Å². The molecule has 0 fully saturated rings. The largest absolute Gasteiger partial charge is 0.143 e. The highest BCUT2D eigenvalue weighted by Crippen LogP contribution is 2.48. The minimum Gasteiger partial charge on any atom is -0.143 e. The molecule has 1 heterocycles. The molecular weight excluding hydrogens is 252 g/mol. The van der Waals surface area contributed by atoms with E-state index >= 15 is 0 Å². The smallest absolute Gasteiger partial charge is 0.0273 e. The Morgan fingerprint density at radius 1 is 0.812 bits per heavy atom. The average Bonchev–Trinajstić information content (AvgIpc) is 2.26. The molecule has 0 aromatic heterocycles. The molecule has 0 N–H and O–H groups in total. The van der Waals surface area contributed by atoms with E-state index in [9.17, 15) is 0 Å². The topological polar surface area (TPSA) is 0 Å². The second-order valence-corrected chi connectivity index (χ2v) is 6.47. The highest BCUT2D eigenvalue weighted by molar-refractivity contribution is 8.05. The van der Waals surface area contributed by atoms with Crippen LogP contribution in [0.4, 0.5) is 0 Å². The molecule has 0 amide bonds. The molecule has 2 aromatic rings. The van der Waals surface area contributed by atoms with Gasteiger partial charge in [0.25, 0.3) is 0 Å². The lowest BCUT2D eigenvalue weighted by atomic mass is 10.2. The Morgan fingerprint density at radius 3 is 2.19 bits per heavy atom. The van der Waals surface area contributed by atoms with E-state index in [4.69, 9.17) is 0 Å². The molecule has 1 aliphatic rings. The second kappa shape index (κ2) is 4.06. The number of rotatable bonds is 0. The predicted octanol–water partition coefficient (Wildman–Crippen LogP) is 4.90. The van der Waals surface area contributed by atoms with Crippen LogP contribution in [0.1, 0.15) is 5.56 Å². The van der Waals surface area contributed by atoms with E-state index in [0.717, 1.165) is 4.90 Å². The van der Waals surface area contributed by atoms with Crippen molar-refractivity contribution in [2.24, 2.45) is 0 Å². The zero-order chi connectivity index (χ0) is 11.1. The molecule has 0 nitrogen and oxygen atoms in total. The average molecular weight is 262 g/mol. The lowest BCUT2D eigenvalue weighted by molar-refractivity contribution is 1.12. The molecule has 16 heavy (non-hydrogen) atoms. The van der Waals surface area contributed by atoms with Crippen molar-refractivity contribution < 1.29 is 0 Å². The Labute approximate surface area is 109 Å². The van der Waals surface area contributed by atoms with Gasteiger partial charge in [-0.2, -0.15) is 0 Å². The van der Waals surface area contributed by atoms with E-state index in [1.165, 1.54) is 25.1 Å². The van der Waals surface area contributed by atoms with Crippen LogP contribution in [-0.2, 0) is 0 Å². The maximum absolute atomic E-state index is 4.38. The molecule has 3 rings (SSSR count). The van der Waals surface area contributed by atoms with Gasteiger partial charge in [-0.25, -0.2) is 0 Å². The summed E-state index contributed by atoms with van der Waals surface area (Å²) in [7, 11) is 0. The van der Waals surface area contributed by atoms with Gasteiger partial charge in [-0.1, -0.05) is 29.6 Å². The van der Waals surface area contributed by atoms with Crippen LogP contribution in [0.5, 0.6) is 0 Å². The van der Waals surface area contributed by atoms with Gasteiger partial charge in [0.1, 0.15) is 0 Å². The Hall–Kier alpha value is -0.510. The molecule has 0 aliphatic carbocycles. The third-order valence-electron chi connectivity index (χ3n) is 2.47. The van der Waals surface area contributed by atoms with Gasteiger partial charge in [0.05, 0.1) is 0 Å². The van der Waals surface area contributed by atoms with Gasteiger partial charge < -0.3 is 0 Å². The molecule has 0 unspecified atom stereocenters. The van der Waals surface area contributed by atoms with E-state index < -0.39 is 0 Å². The van der Waals surface area contributed by atoms with Gasteiger partial charge in [0.2, 0.25) is 0 Å². The van der Waals surface area contributed by atoms with Crippen molar-refractivity contribution in [3.8, 4) is 0 Å². The van der Waals surface area contributed by atoms with Crippen molar-refractivity contribution in [2.75, 3.05) is 0 Å². The molecule has 2 aromatic carbocycles. The third kappa shape index (κ3) is 1.88. The number of hydrogen-bond donors (Lipinski definition) is 1. The van der Waals surface area contributed by atoms with Crippen LogP contribution in [0.2, 0.25) is 0 Å². The lowest BCUT2D eigenvalue weighted by Crippen LogP contribution is -1.89. The van der Waals surface area contributed by atoms with Crippen molar-refractivity contribution in [3.63, 3.8) is 0 Å². The van der Waals surface area contributed by atoms with Crippen molar-refractivity contribution >= 4 is 36.2 Å². The minimum absolute atomic E-state index is 1.03. The molecule has 0 spiro atoms. The monoisotopic (exact) mass is 262 g/mol. The molecule has 0 atom stereocenters. The Bertz CT molecular complexity index is 510. The van der Waals surface area contributed by atoms with Crippen LogP contribution >= 0.6 is 36.2 Å². The first-order valence-electron chi connectivity index (χ1n) is 5.02. The van der Waals surface area contributed by atoms with E-state index in [2.05, 4.69) is 56.0 Å². The van der Waals surface area contributed by atoms with Crippen LogP contribution in [0.3, 0.4) is 0 Å². The summed E-state index contributed by atoms with van der Waals surface area (Å²) in [5, 5.41) is 0. The third-order valence-corrected chi connectivity index (χ3v) is 5.27. The normalized spacial score (nSPS) is 13.1. The number of hydrogen-bond acceptors (Lipinski definition) is 3. The zero-order valence-corrected chi connectivity index (χ0v) is 11.3. The Morgan fingerprint density at radius 2 is 1.44 bits per heavy atom. The zero-order valence-electron chi connectivity index (χ0n) is 8.73. The van der Waals surface area contributed by atoms with Crippen molar-refractivity contribution in [2.45, 2.75) is 31.4 Å². The summed E-state index contributed by atoms with van der Waals surface area (Å²) in [5.74, 6) is 0. The molecule has 1 aliphatic heterocycles. The van der Waals surface area contributed by atoms with Gasteiger partial charge in [-0.15, -0.1) is 12.6 Å². The maximum atomic E-state index is 4.38. The van der Waals surface area contributed by atoms with Crippen LogP contribution in [0.25, 0.3) is 0 Å². The number of fused-ring (bicyclic) bond motifs is 2. The summed E-state index contributed by atoms with van der Waals surface area (Å²) in [6.07, 6.45) is 0. The first-order valence-corrected chi connectivity index (χ1v) is 7.10. The van der Waals surface area contributed by atoms with Gasteiger partial charge in [0, 0.05) is 24.5 Å². The molecule has 0 bridgehead atoms. The summed E-state index contributed by atoms with van der Waals surface area (Å²) < 4.78 is 0. The quantitative estimate of drug-likeness (QED) is 0.572. The van der Waals surface area contributed by atoms with Crippen molar-refractivity contribution in [1.29, 1.82) is 0 Å². The first kappa shape index (κ1) is 10.6. The van der Waals surface area contributed by atoms with Crippen LogP contribution in [0.15, 0.2) is 60.9 Å². The van der Waals surface area contributed by atoms with E-state index in [0.29, 0.717) is 0 Å². The van der Waals surface area contributed by atoms with Gasteiger partial charge in [-0.3, -0.25) is 0 Å². The Kier molecular flexibility index (Phi) is 2.70. The highest BCUT2D eigenvalue weighted by atomic mass is 32.2. The SMILES string of the molecule is Cc1ccc2c(c1)Sc1ccc(S)cc1S2. The number of benzene rings is 2. The van der Waals surface area contributed by atoms with Gasteiger partial charge in [0.15, 0.2) is 0 Å². The summed E-state index contributed by atoms with van der Waals surface area (Å²) in [4.78, 5) is 6.39. The second-order valence-electron chi connectivity index (χ2n) is 3.79. The summed E-state index contributed by atoms with van der Waals surface area (Å²) in [6, 6.07) is 13.0. The van der Waals surface area contributed by atoms with Crippen LogP contribution in [-0.4, -0.2) is 0 Å². The van der Waals surface area contributed by atoms with Crippen molar-refractivity contribution in [1.82, 2.24) is 0 Å². The van der Waals surface area contributed by atoms with Gasteiger partial charge in [-0.05, 0) is 42.8 Å². The molecule has 0 saturated carbocycles. The summed E-state index contributed by atoms with van der Waals surface area (Å²) in [5.41, 5.74) is 1.32. The maximum Gasteiger partial charge on any atom is 0.0273 e. The summed E-state index contributed by atoms with van der Waals surface area (Å²) >= 11 is 8.07. The first-order chi connectivity index (χ1) is 7.72. The lowest BCUT2D eigenvalue weighted by Gasteiger charge is -2.18. The van der Waals surface area contributed by atoms with Gasteiger partial charge >= 0.3 is 0 Å². The van der Waals surface area contributed by atoms with Crippen molar-refractivity contribution in [3.05, 3.63) is 42.0 Å². The predicted molar refractivity (Wildman–Crippen MR) is 73.1 cm³/mol. The highest BCUT2D eigenvalue weighted by Gasteiger charge is 2.16. The number of thiol groups is 1. The minimum atomic E-state index is 1.03. The van der Waals surface area contributed by atoms with Crippen LogP contribution < -0.4 is 0 Å². The fraction of sp³-hybridized carbons (Fsp3) is 0.0769. The van der Waals surface area contributed by atoms with E-state index in [-0.39, 0.29) is 0 Å². The number of aryl methyl sites for hydroxylation is 1. The van der Waals surface area contributed by atoms with E-state index in [1.807, 2.05) is 23.5 Å². The Balaban J connectivity index is 2.09. The molecule has 80 valence electrons. The molecule has 0 radical (unpaired) electrons. The molecular formula is C13H10S3. The standard InChI is InChI=1S/C13H10S3/c1-8-2-4-10-12(6-8)15-11-5-3-9(14)7-13(11)16-10/h2-7,14H,1H3. The molecule has 3 heteroatoms. The fourth-order valence-corrected chi connectivity index (χ4v) is 4.30. The fourth-order valence-electron chi connectivity index (χ4n) is 1.68. The molecule has 0 saturated heterocycles. The van der Waals surface area contributed by atoms with E-state index in [1.54, 1.807) is 0 Å².